The van der Waals surface area contributed by atoms with E-state index in [1.807, 2.05) is 12.1 Å². The van der Waals surface area contributed by atoms with Gasteiger partial charge in [-0.25, -0.2) is 18.7 Å². The molecule has 40 heavy (non-hydrogen) atoms. The third-order valence-electron chi connectivity index (χ3n) is 8.34. The Kier molecular flexibility index (Phi) is 8.56. The Morgan fingerprint density at radius 1 is 1.00 bits per heavy atom. The molecule has 0 radical (unpaired) electrons. The normalized spacial score (nSPS) is 21.1. The van der Waals surface area contributed by atoms with Crippen molar-refractivity contribution in [3.8, 4) is 0 Å². The fourth-order valence-electron chi connectivity index (χ4n) is 6.15. The van der Waals surface area contributed by atoms with E-state index in [1.54, 1.807) is 10.4 Å². The van der Waals surface area contributed by atoms with E-state index in [1.165, 1.54) is 23.1 Å². The molecule has 2 aromatic carbocycles. The highest BCUT2D eigenvalue weighted by molar-refractivity contribution is 5.92. The topological polar surface area (TPSA) is 97.5 Å². The van der Waals surface area contributed by atoms with Crippen LogP contribution in [0.5, 0.6) is 0 Å². The molecule has 10 heteroatoms. The van der Waals surface area contributed by atoms with E-state index in [-0.39, 0.29) is 23.4 Å². The van der Waals surface area contributed by atoms with Crippen LogP contribution in [0, 0.1) is 23.4 Å². The van der Waals surface area contributed by atoms with Gasteiger partial charge in [0.2, 0.25) is 5.91 Å². The van der Waals surface area contributed by atoms with Crippen molar-refractivity contribution in [1.82, 2.24) is 20.7 Å². The van der Waals surface area contributed by atoms with Gasteiger partial charge in [0.05, 0.1) is 6.04 Å². The van der Waals surface area contributed by atoms with Crippen LogP contribution >= 0.6 is 0 Å². The third-order valence-corrected chi connectivity index (χ3v) is 8.34. The Morgan fingerprint density at radius 3 is 2.35 bits per heavy atom. The van der Waals surface area contributed by atoms with Crippen molar-refractivity contribution in [3.05, 3.63) is 77.2 Å². The van der Waals surface area contributed by atoms with Gasteiger partial charge in [0.15, 0.2) is 17.5 Å². The molecule has 1 aliphatic carbocycles. The van der Waals surface area contributed by atoms with Crippen molar-refractivity contribution in [2.45, 2.75) is 56.5 Å². The van der Waals surface area contributed by atoms with Crippen molar-refractivity contribution in [2.75, 3.05) is 13.1 Å². The maximum absolute atomic E-state index is 13.4. The molecule has 1 saturated carbocycles. The molecule has 0 spiro atoms. The van der Waals surface area contributed by atoms with Crippen LogP contribution in [-0.2, 0) is 9.59 Å². The first-order valence-electron chi connectivity index (χ1n) is 13.7. The Balaban J connectivity index is 1.15. The summed E-state index contributed by atoms with van der Waals surface area (Å²) >= 11 is 0. The molecule has 2 aliphatic rings. The number of halogens is 3. The molecule has 1 atom stereocenters. The number of carbonyl (C=O) groups excluding carboxylic acids is 2. The van der Waals surface area contributed by atoms with Crippen molar-refractivity contribution in [1.29, 1.82) is 0 Å². The number of nitrogens with zero attached hydrogens (tertiary/aromatic N) is 1. The van der Waals surface area contributed by atoms with Crippen LogP contribution in [0.1, 0.15) is 55.6 Å². The van der Waals surface area contributed by atoms with Gasteiger partial charge in [-0.05, 0) is 85.8 Å². The number of likely N-dealkylation sites (tertiary alicyclic amines) is 1. The highest BCUT2D eigenvalue weighted by atomic mass is 19.2. The van der Waals surface area contributed by atoms with E-state index in [0.717, 1.165) is 43.3 Å². The Hall–Kier alpha value is -3.63. The number of hydrogen-bond acceptors (Lipinski definition) is 4. The van der Waals surface area contributed by atoms with Gasteiger partial charge in [-0.15, -0.1) is 0 Å². The minimum absolute atomic E-state index is 0.0444. The lowest BCUT2D eigenvalue weighted by molar-refractivity contribution is -0.134. The standard InChI is InChI=1S/C30H33F3N4O3/c31-24-15-18(16-25(32)28(24)33)5-10-27(38)37-13-11-20(12-14-37)29(30(39)36-40)35-21-8-6-19(7-9-21)23-17-34-26-4-2-1-3-22(23)26/h1-5,10,15-17,19-21,29,34-35,40H,6-9,11-14H2,(H,36,39). The summed E-state index contributed by atoms with van der Waals surface area (Å²) in [6.45, 7) is 0.786. The lowest BCUT2D eigenvalue weighted by atomic mass is 9.80. The summed E-state index contributed by atoms with van der Waals surface area (Å²) in [4.78, 5) is 30.2. The number of fused-ring (bicyclic) bond motifs is 1. The molecule has 7 nitrogen and oxygen atoms in total. The van der Waals surface area contributed by atoms with Gasteiger partial charge >= 0.3 is 0 Å². The molecule has 2 amide bonds. The first-order chi connectivity index (χ1) is 19.3. The van der Waals surface area contributed by atoms with E-state index in [2.05, 4.69) is 28.6 Å². The summed E-state index contributed by atoms with van der Waals surface area (Å²) in [7, 11) is 0. The second-order valence-electron chi connectivity index (χ2n) is 10.8. The van der Waals surface area contributed by atoms with E-state index in [9.17, 15) is 28.0 Å². The fourth-order valence-corrected chi connectivity index (χ4v) is 6.15. The highest BCUT2D eigenvalue weighted by Gasteiger charge is 2.35. The summed E-state index contributed by atoms with van der Waals surface area (Å²) in [6, 6.07) is 9.49. The number of aromatic amines is 1. The lowest BCUT2D eigenvalue weighted by Gasteiger charge is -2.38. The number of carbonyl (C=O) groups is 2. The quantitative estimate of drug-likeness (QED) is 0.143. The number of aromatic nitrogens is 1. The number of para-hydroxylation sites is 1. The summed E-state index contributed by atoms with van der Waals surface area (Å²) in [5.41, 5.74) is 4.32. The van der Waals surface area contributed by atoms with E-state index in [4.69, 9.17) is 0 Å². The van der Waals surface area contributed by atoms with E-state index < -0.39 is 29.4 Å². The van der Waals surface area contributed by atoms with Crippen LogP contribution in [-0.4, -0.2) is 52.1 Å². The number of rotatable bonds is 7. The van der Waals surface area contributed by atoms with Crippen LogP contribution in [0.2, 0.25) is 0 Å². The second kappa shape index (κ2) is 12.3. The van der Waals surface area contributed by atoms with E-state index in [0.29, 0.717) is 31.8 Å². The monoisotopic (exact) mass is 554 g/mol. The van der Waals surface area contributed by atoms with E-state index >= 15 is 0 Å². The van der Waals surface area contributed by atoms with Crippen LogP contribution in [0.25, 0.3) is 17.0 Å². The minimum atomic E-state index is -1.55. The fraction of sp³-hybridized carbons (Fsp3) is 0.400. The molecule has 2 heterocycles. The van der Waals surface area contributed by atoms with Crippen molar-refractivity contribution < 1.29 is 28.0 Å². The summed E-state index contributed by atoms with van der Waals surface area (Å²) in [6.07, 6.45) is 9.46. The predicted molar refractivity (Wildman–Crippen MR) is 145 cm³/mol. The first kappa shape index (κ1) is 27.9. The van der Waals surface area contributed by atoms with Crippen LogP contribution < -0.4 is 10.8 Å². The Bertz CT molecular complexity index is 1370. The second-order valence-corrected chi connectivity index (χ2v) is 10.8. The zero-order valence-corrected chi connectivity index (χ0v) is 22.0. The molecule has 1 aromatic heterocycles. The third kappa shape index (κ3) is 6.08. The summed E-state index contributed by atoms with van der Waals surface area (Å²) < 4.78 is 40.0. The van der Waals surface area contributed by atoms with Crippen LogP contribution in [0.15, 0.2) is 48.7 Å². The summed E-state index contributed by atoms with van der Waals surface area (Å²) in [5, 5.41) is 14.2. The molecular weight excluding hydrogens is 521 g/mol. The number of H-pyrrole nitrogens is 1. The SMILES string of the molecule is O=C(NO)C(NC1CCC(c2c[nH]c3ccccc23)CC1)C1CCN(C(=O)C=Cc2cc(F)c(F)c(F)c2)CC1. The number of nitrogens with one attached hydrogen (secondary N) is 3. The van der Waals surface area contributed by atoms with Gasteiger partial charge in [0.1, 0.15) is 0 Å². The summed E-state index contributed by atoms with van der Waals surface area (Å²) in [5.74, 6) is -4.64. The number of hydrogen-bond donors (Lipinski definition) is 4. The predicted octanol–water partition coefficient (Wildman–Crippen LogP) is 5.03. The molecule has 2 fully saturated rings. The maximum Gasteiger partial charge on any atom is 0.260 e. The van der Waals surface area contributed by atoms with Crippen LogP contribution in [0.4, 0.5) is 13.2 Å². The zero-order chi connectivity index (χ0) is 28.2. The van der Waals surface area contributed by atoms with Gasteiger partial charge in [-0.3, -0.25) is 14.8 Å². The maximum atomic E-state index is 13.4. The van der Waals surface area contributed by atoms with Gasteiger partial charge in [0, 0.05) is 42.3 Å². The molecular formula is C30H33F3N4O3. The zero-order valence-electron chi connectivity index (χ0n) is 22.0. The highest BCUT2D eigenvalue weighted by Crippen LogP contribution is 2.37. The van der Waals surface area contributed by atoms with Gasteiger partial charge in [0.25, 0.3) is 5.91 Å². The van der Waals surface area contributed by atoms with Crippen molar-refractivity contribution >= 4 is 28.8 Å². The Labute approximate surface area is 230 Å². The molecule has 4 N–H and O–H groups in total. The lowest BCUT2D eigenvalue weighted by Crippen LogP contribution is -2.54. The molecule has 1 saturated heterocycles. The van der Waals surface area contributed by atoms with Gasteiger partial charge in [-0.2, -0.15) is 0 Å². The number of benzene rings is 2. The largest absolute Gasteiger partial charge is 0.361 e. The molecule has 212 valence electrons. The van der Waals surface area contributed by atoms with Gasteiger partial charge < -0.3 is 15.2 Å². The molecule has 5 rings (SSSR count). The van der Waals surface area contributed by atoms with Crippen molar-refractivity contribution in [3.63, 3.8) is 0 Å². The Morgan fingerprint density at radius 2 is 1.68 bits per heavy atom. The molecule has 1 aliphatic heterocycles. The molecule has 3 aromatic rings. The number of hydroxylamine groups is 1. The minimum Gasteiger partial charge on any atom is -0.361 e. The van der Waals surface area contributed by atoms with Gasteiger partial charge in [-0.1, -0.05) is 18.2 Å². The number of piperidine rings is 1. The number of amides is 2. The van der Waals surface area contributed by atoms with Crippen molar-refractivity contribution in [2.24, 2.45) is 5.92 Å². The average molecular weight is 555 g/mol. The molecule has 0 bridgehead atoms. The smallest absolute Gasteiger partial charge is 0.260 e. The van der Waals surface area contributed by atoms with Crippen LogP contribution in [0.3, 0.4) is 0 Å². The average Bonchev–Trinajstić information content (AvgIpc) is 3.41. The molecule has 1 unspecified atom stereocenters. The first-order valence-corrected chi connectivity index (χ1v) is 13.7.